The van der Waals surface area contributed by atoms with Crippen molar-refractivity contribution in [2.75, 3.05) is 32.9 Å². The number of thioether (sulfide) groups is 1. The molecule has 0 fully saturated rings. The molecule has 0 radical (unpaired) electrons. The predicted octanol–water partition coefficient (Wildman–Crippen LogP) is 2.06. The van der Waals surface area contributed by atoms with Crippen LogP contribution in [0.5, 0.6) is 0 Å². The summed E-state index contributed by atoms with van der Waals surface area (Å²) in [4.78, 5) is 0. The van der Waals surface area contributed by atoms with Gasteiger partial charge in [-0.1, -0.05) is 27.7 Å². The third-order valence-electron chi connectivity index (χ3n) is 3.91. The lowest BCUT2D eigenvalue weighted by Gasteiger charge is -2.30. The van der Waals surface area contributed by atoms with Crippen molar-refractivity contribution in [2.24, 2.45) is 0 Å². The molecule has 0 aromatic carbocycles. The molecule has 5 nitrogen and oxygen atoms in total. The molecular weight excluding hydrogens is 306 g/mol. The molecule has 0 bridgehead atoms. The van der Waals surface area contributed by atoms with Gasteiger partial charge in [-0.2, -0.15) is 24.5 Å². The topological polar surface area (TPSA) is 61.4 Å². The van der Waals surface area contributed by atoms with Crippen LogP contribution in [-0.4, -0.2) is 56.4 Å². The van der Waals surface area contributed by atoms with Gasteiger partial charge >= 0.3 is 0 Å². The molecule has 0 amide bonds. The second-order valence-electron chi connectivity index (χ2n) is 5.70. The molecule has 0 saturated carbocycles. The van der Waals surface area contributed by atoms with Gasteiger partial charge in [0.15, 0.2) is 0 Å². The third kappa shape index (κ3) is 7.83. The number of nitrogens with one attached hydrogen (secondary N) is 2. The van der Waals surface area contributed by atoms with Gasteiger partial charge in [0.05, 0.1) is 0 Å². The first-order chi connectivity index (χ1) is 9.73. The fourth-order valence-electron chi connectivity index (χ4n) is 2.01. The summed E-state index contributed by atoms with van der Waals surface area (Å²) >= 11 is 1.74. The molecule has 0 aromatic rings. The second-order valence-corrected chi connectivity index (χ2v) is 8.84. The van der Waals surface area contributed by atoms with Gasteiger partial charge in [-0.05, 0) is 32.1 Å². The summed E-state index contributed by atoms with van der Waals surface area (Å²) in [6, 6.07) is 0.432. The second kappa shape index (κ2) is 10.0. The smallest absolute Gasteiger partial charge is 0.279 e. The van der Waals surface area contributed by atoms with Gasteiger partial charge in [0.1, 0.15) is 0 Å². The highest BCUT2D eigenvalue weighted by atomic mass is 32.2. The third-order valence-corrected chi connectivity index (χ3v) is 7.01. The quantitative estimate of drug-likeness (QED) is 0.534. The Labute approximate surface area is 135 Å². The standard InChI is InChI=1S/C14H33N3O2S2/c1-7-14(8-2,20-6)12-16-21(18,19)17(5)11-9-10-15-13(3)4/h13,15-16H,7-12H2,1-6H3. The van der Waals surface area contributed by atoms with E-state index in [1.165, 1.54) is 4.31 Å². The maximum absolute atomic E-state index is 12.2. The summed E-state index contributed by atoms with van der Waals surface area (Å²) in [5, 5.41) is 3.29. The Bertz CT molecular complexity index is 360. The Morgan fingerprint density at radius 1 is 1.24 bits per heavy atom. The summed E-state index contributed by atoms with van der Waals surface area (Å²) in [5.74, 6) is 0. The summed E-state index contributed by atoms with van der Waals surface area (Å²) in [6.07, 6.45) is 4.76. The van der Waals surface area contributed by atoms with Crippen molar-refractivity contribution in [3.05, 3.63) is 0 Å². The minimum absolute atomic E-state index is 0.00684. The minimum Gasteiger partial charge on any atom is -0.314 e. The lowest BCUT2D eigenvalue weighted by Crippen LogP contribution is -2.45. The van der Waals surface area contributed by atoms with E-state index in [1.807, 2.05) is 6.26 Å². The van der Waals surface area contributed by atoms with Gasteiger partial charge in [0, 0.05) is 30.9 Å². The predicted molar refractivity (Wildman–Crippen MR) is 94.1 cm³/mol. The Balaban J connectivity index is 4.34. The molecule has 0 rings (SSSR count). The van der Waals surface area contributed by atoms with E-state index in [2.05, 4.69) is 37.7 Å². The first-order valence-corrected chi connectivity index (χ1v) is 10.4. The number of rotatable bonds is 12. The molecule has 0 aliphatic carbocycles. The summed E-state index contributed by atoms with van der Waals surface area (Å²) < 4.78 is 28.6. The molecule has 2 N–H and O–H groups in total. The van der Waals surface area contributed by atoms with Crippen LogP contribution in [0, 0.1) is 0 Å². The molecule has 0 heterocycles. The fraction of sp³-hybridized carbons (Fsp3) is 1.00. The molecule has 0 unspecified atom stereocenters. The zero-order chi connectivity index (χ0) is 16.5. The van der Waals surface area contributed by atoms with E-state index in [4.69, 9.17) is 0 Å². The van der Waals surface area contributed by atoms with E-state index < -0.39 is 10.2 Å². The first kappa shape index (κ1) is 21.2. The molecular formula is C14H33N3O2S2. The molecule has 0 aliphatic rings. The van der Waals surface area contributed by atoms with Crippen LogP contribution in [-0.2, 0) is 10.2 Å². The zero-order valence-electron chi connectivity index (χ0n) is 14.4. The van der Waals surface area contributed by atoms with Gasteiger partial charge in [-0.15, -0.1) is 0 Å². The van der Waals surface area contributed by atoms with Gasteiger partial charge in [-0.3, -0.25) is 0 Å². The van der Waals surface area contributed by atoms with E-state index >= 15 is 0 Å². The minimum atomic E-state index is -3.38. The maximum Gasteiger partial charge on any atom is 0.279 e. The average Bonchev–Trinajstić information content (AvgIpc) is 2.45. The highest BCUT2D eigenvalue weighted by Gasteiger charge is 2.28. The van der Waals surface area contributed by atoms with Crippen LogP contribution < -0.4 is 10.0 Å². The van der Waals surface area contributed by atoms with Crippen molar-refractivity contribution in [1.82, 2.24) is 14.3 Å². The van der Waals surface area contributed by atoms with Crippen LogP contribution in [0.25, 0.3) is 0 Å². The van der Waals surface area contributed by atoms with Crippen molar-refractivity contribution in [3.8, 4) is 0 Å². The van der Waals surface area contributed by atoms with Crippen LogP contribution in [0.2, 0.25) is 0 Å². The first-order valence-electron chi connectivity index (χ1n) is 7.72. The highest BCUT2D eigenvalue weighted by Crippen LogP contribution is 2.29. The molecule has 0 atom stereocenters. The Kier molecular flexibility index (Phi) is 10.1. The van der Waals surface area contributed by atoms with Crippen LogP contribution >= 0.6 is 11.8 Å². The van der Waals surface area contributed by atoms with E-state index in [1.54, 1.807) is 18.8 Å². The molecule has 0 spiro atoms. The highest BCUT2D eigenvalue weighted by molar-refractivity contribution is 8.00. The fourth-order valence-corrected chi connectivity index (χ4v) is 3.94. The monoisotopic (exact) mass is 339 g/mol. The largest absolute Gasteiger partial charge is 0.314 e. The SMILES string of the molecule is CCC(CC)(CNS(=O)(=O)N(C)CCCNC(C)C)SC. The van der Waals surface area contributed by atoms with Gasteiger partial charge in [0.2, 0.25) is 0 Å². The van der Waals surface area contributed by atoms with Gasteiger partial charge < -0.3 is 5.32 Å². The van der Waals surface area contributed by atoms with E-state index in [-0.39, 0.29) is 4.75 Å². The summed E-state index contributed by atoms with van der Waals surface area (Å²) in [5.41, 5.74) is 0. The Morgan fingerprint density at radius 3 is 2.24 bits per heavy atom. The molecule has 0 aromatic heterocycles. The van der Waals surface area contributed by atoms with E-state index in [9.17, 15) is 8.42 Å². The van der Waals surface area contributed by atoms with Crippen molar-refractivity contribution in [1.29, 1.82) is 0 Å². The molecule has 7 heteroatoms. The normalized spacial score (nSPS) is 13.3. The summed E-state index contributed by atoms with van der Waals surface area (Å²) in [7, 11) is -1.75. The molecule has 0 aliphatic heterocycles. The molecule has 0 saturated heterocycles. The van der Waals surface area contributed by atoms with Crippen LogP contribution in [0.4, 0.5) is 0 Å². The van der Waals surface area contributed by atoms with Gasteiger partial charge in [-0.25, -0.2) is 4.72 Å². The lowest BCUT2D eigenvalue weighted by molar-refractivity contribution is 0.432. The van der Waals surface area contributed by atoms with Crippen molar-refractivity contribution < 1.29 is 8.42 Å². The van der Waals surface area contributed by atoms with Crippen LogP contribution in [0.1, 0.15) is 47.0 Å². The molecule has 128 valence electrons. The average molecular weight is 340 g/mol. The number of nitrogens with zero attached hydrogens (tertiary/aromatic N) is 1. The van der Waals surface area contributed by atoms with Crippen LogP contribution in [0.15, 0.2) is 0 Å². The van der Waals surface area contributed by atoms with Crippen molar-refractivity contribution in [3.63, 3.8) is 0 Å². The Morgan fingerprint density at radius 2 is 1.81 bits per heavy atom. The Hall–Kier alpha value is 0.180. The zero-order valence-corrected chi connectivity index (χ0v) is 16.0. The van der Waals surface area contributed by atoms with Crippen molar-refractivity contribution in [2.45, 2.75) is 57.7 Å². The van der Waals surface area contributed by atoms with E-state index in [0.717, 1.165) is 25.8 Å². The number of hydrogen-bond donors (Lipinski definition) is 2. The van der Waals surface area contributed by atoms with Crippen LogP contribution in [0.3, 0.4) is 0 Å². The van der Waals surface area contributed by atoms with E-state index in [0.29, 0.717) is 19.1 Å². The molecule has 21 heavy (non-hydrogen) atoms. The number of hydrogen-bond acceptors (Lipinski definition) is 4. The maximum atomic E-state index is 12.2. The lowest BCUT2D eigenvalue weighted by atomic mass is 10.0. The summed E-state index contributed by atoms with van der Waals surface area (Å²) in [6.45, 7) is 10.2. The van der Waals surface area contributed by atoms with Crippen molar-refractivity contribution >= 4 is 22.0 Å². The van der Waals surface area contributed by atoms with Gasteiger partial charge in [0.25, 0.3) is 10.2 Å².